The first-order valence-electron chi connectivity index (χ1n) is 6.19. The van der Waals surface area contributed by atoms with Crippen LogP contribution in [-0.4, -0.2) is 24.2 Å². The van der Waals surface area contributed by atoms with E-state index in [1.807, 2.05) is 0 Å². The largest absolute Gasteiger partial charge is 0.480 e. The summed E-state index contributed by atoms with van der Waals surface area (Å²) in [6.45, 7) is 0. The van der Waals surface area contributed by atoms with Crippen LogP contribution < -0.4 is 5.32 Å². The Bertz CT molecular complexity index is 399. The van der Waals surface area contributed by atoms with E-state index in [0.717, 1.165) is 12.3 Å². The number of hydrogen-bond acceptors (Lipinski definition) is 2. The third-order valence-electron chi connectivity index (χ3n) is 3.37. The quantitative estimate of drug-likeness (QED) is 0.791. The molecule has 1 unspecified atom stereocenters. The molecule has 2 rings (SSSR count). The van der Waals surface area contributed by atoms with Crippen LogP contribution in [0.1, 0.15) is 36.3 Å². The molecular formula is C14H19NO2. The van der Waals surface area contributed by atoms with Gasteiger partial charge in [-0.05, 0) is 49.8 Å². The van der Waals surface area contributed by atoms with Gasteiger partial charge in [0, 0.05) is 0 Å². The summed E-state index contributed by atoms with van der Waals surface area (Å²) in [5, 5.41) is 11.8. The first-order chi connectivity index (χ1) is 8.20. The van der Waals surface area contributed by atoms with Crippen molar-refractivity contribution >= 4 is 5.97 Å². The molecule has 0 heterocycles. The zero-order chi connectivity index (χ0) is 12.3. The third-order valence-corrected chi connectivity index (χ3v) is 3.37. The summed E-state index contributed by atoms with van der Waals surface area (Å²) in [4.78, 5) is 10.9. The molecule has 1 aromatic carbocycles. The number of rotatable bonds is 6. The van der Waals surface area contributed by atoms with Crippen LogP contribution in [0.4, 0.5) is 0 Å². The summed E-state index contributed by atoms with van der Waals surface area (Å²) in [6.07, 6.45) is 4.06. The maximum atomic E-state index is 10.9. The Morgan fingerprint density at radius 1 is 1.53 bits per heavy atom. The molecule has 0 aromatic heterocycles. The maximum absolute atomic E-state index is 10.9. The van der Waals surface area contributed by atoms with Gasteiger partial charge in [-0.3, -0.25) is 4.79 Å². The van der Waals surface area contributed by atoms with Crippen LogP contribution in [-0.2, 0) is 11.2 Å². The predicted molar refractivity (Wildman–Crippen MR) is 67.2 cm³/mol. The lowest BCUT2D eigenvalue weighted by atomic mass is 10.0. The van der Waals surface area contributed by atoms with Gasteiger partial charge >= 0.3 is 5.97 Å². The summed E-state index contributed by atoms with van der Waals surface area (Å²) >= 11 is 0. The Kier molecular flexibility index (Phi) is 3.79. The number of aliphatic carboxylic acids is 1. The highest BCUT2D eigenvalue weighted by Crippen LogP contribution is 2.40. The Morgan fingerprint density at radius 2 is 2.29 bits per heavy atom. The van der Waals surface area contributed by atoms with E-state index in [1.165, 1.54) is 24.0 Å². The second kappa shape index (κ2) is 5.32. The lowest BCUT2D eigenvalue weighted by Crippen LogP contribution is -2.34. The van der Waals surface area contributed by atoms with Crippen molar-refractivity contribution in [1.82, 2.24) is 5.32 Å². The first-order valence-corrected chi connectivity index (χ1v) is 6.19. The predicted octanol–water partition coefficient (Wildman–Crippen LogP) is 2.17. The van der Waals surface area contributed by atoms with Gasteiger partial charge in [0.05, 0.1) is 0 Å². The normalized spacial score (nSPS) is 16.8. The summed E-state index contributed by atoms with van der Waals surface area (Å²) in [5.74, 6) is -0.0135. The molecule has 1 atom stereocenters. The number of hydrogen-bond donors (Lipinski definition) is 2. The average Bonchev–Trinajstić information content (AvgIpc) is 3.13. The smallest absolute Gasteiger partial charge is 0.320 e. The van der Waals surface area contributed by atoms with Crippen molar-refractivity contribution in [3.8, 4) is 0 Å². The minimum Gasteiger partial charge on any atom is -0.480 e. The van der Waals surface area contributed by atoms with E-state index in [2.05, 4.69) is 29.6 Å². The molecule has 1 aliphatic carbocycles. The molecular weight excluding hydrogens is 214 g/mol. The molecule has 1 saturated carbocycles. The molecule has 0 amide bonds. The number of likely N-dealkylation sites (N-methyl/N-ethyl adjacent to an activating group) is 1. The van der Waals surface area contributed by atoms with Gasteiger partial charge in [-0.2, -0.15) is 0 Å². The average molecular weight is 233 g/mol. The van der Waals surface area contributed by atoms with E-state index < -0.39 is 12.0 Å². The minimum atomic E-state index is -0.772. The molecule has 0 radical (unpaired) electrons. The zero-order valence-electron chi connectivity index (χ0n) is 10.1. The number of carboxylic acids is 1. The molecule has 92 valence electrons. The topological polar surface area (TPSA) is 49.3 Å². The van der Waals surface area contributed by atoms with Gasteiger partial charge in [0.15, 0.2) is 0 Å². The summed E-state index contributed by atoms with van der Waals surface area (Å²) in [7, 11) is 1.69. The van der Waals surface area contributed by atoms with Gasteiger partial charge in [-0.1, -0.05) is 24.3 Å². The van der Waals surface area contributed by atoms with Gasteiger partial charge < -0.3 is 10.4 Å². The first kappa shape index (κ1) is 12.1. The van der Waals surface area contributed by atoms with Crippen LogP contribution >= 0.6 is 0 Å². The van der Waals surface area contributed by atoms with Crippen molar-refractivity contribution in [2.45, 2.75) is 37.6 Å². The highest BCUT2D eigenvalue weighted by molar-refractivity contribution is 5.73. The van der Waals surface area contributed by atoms with Crippen LogP contribution in [0.15, 0.2) is 24.3 Å². The Balaban J connectivity index is 1.93. The van der Waals surface area contributed by atoms with Crippen molar-refractivity contribution in [1.29, 1.82) is 0 Å². The van der Waals surface area contributed by atoms with E-state index in [0.29, 0.717) is 6.42 Å². The lowest BCUT2D eigenvalue weighted by Gasteiger charge is -2.11. The fraction of sp³-hybridized carbons (Fsp3) is 0.500. The monoisotopic (exact) mass is 233 g/mol. The lowest BCUT2D eigenvalue weighted by molar-refractivity contribution is -0.139. The zero-order valence-corrected chi connectivity index (χ0v) is 10.1. The van der Waals surface area contributed by atoms with E-state index in [4.69, 9.17) is 5.11 Å². The van der Waals surface area contributed by atoms with Crippen LogP contribution in [0, 0.1) is 0 Å². The molecule has 0 saturated heterocycles. The van der Waals surface area contributed by atoms with E-state index in [1.54, 1.807) is 7.05 Å². The number of carboxylic acid groups (broad SMARTS) is 1. The number of aryl methyl sites for hydroxylation is 1. The van der Waals surface area contributed by atoms with Crippen LogP contribution in [0.5, 0.6) is 0 Å². The molecule has 0 spiro atoms. The molecule has 0 bridgehead atoms. The standard InChI is InChI=1S/C14H19NO2/c1-15-13(14(16)17)8-5-10-3-2-4-12(9-10)11-6-7-11/h2-4,9,11,13,15H,5-8H2,1H3,(H,16,17). The molecule has 3 nitrogen and oxygen atoms in total. The second-order valence-corrected chi connectivity index (χ2v) is 4.74. The fourth-order valence-electron chi connectivity index (χ4n) is 2.12. The molecule has 1 aromatic rings. The third kappa shape index (κ3) is 3.30. The Hall–Kier alpha value is -1.35. The Morgan fingerprint density at radius 3 is 2.88 bits per heavy atom. The summed E-state index contributed by atoms with van der Waals surface area (Å²) < 4.78 is 0. The van der Waals surface area contributed by atoms with Crippen molar-refractivity contribution in [2.24, 2.45) is 0 Å². The van der Waals surface area contributed by atoms with E-state index in [-0.39, 0.29) is 0 Å². The summed E-state index contributed by atoms with van der Waals surface area (Å²) in [5.41, 5.74) is 2.66. The molecule has 2 N–H and O–H groups in total. The maximum Gasteiger partial charge on any atom is 0.320 e. The molecule has 0 aliphatic heterocycles. The highest BCUT2D eigenvalue weighted by atomic mass is 16.4. The van der Waals surface area contributed by atoms with Crippen molar-refractivity contribution < 1.29 is 9.90 Å². The highest BCUT2D eigenvalue weighted by Gasteiger charge is 2.23. The molecule has 3 heteroatoms. The second-order valence-electron chi connectivity index (χ2n) is 4.74. The molecule has 1 fully saturated rings. The summed E-state index contributed by atoms with van der Waals surface area (Å²) in [6, 6.07) is 8.12. The van der Waals surface area contributed by atoms with Gasteiger partial charge in [0.25, 0.3) is 0 Å². The van der Waals surface area contributed by atoms with E-state index in [9.17, 15) is 4.79 Å². The van der Waals surface area contributed by atoms with Crippen LogP contribution in [0.3, 0.4) is 0 Å². The van der Waals surface area contributed by atoms with Crippen LogP contribution in [0.2, 0.25) is 0 Å². The van der Waals surface area contributed by atoms with Gasteiger partial charge in [-0.15, -0.1) is 0 Å². The van der Waals surface area contributed by atoms with Crippen molar-refractivity contribution in [2.75, 3.05) is 7.05 Å². The molecule has 1 aliphatic rings. The minimum absolute atomic E-state index is 0.445. The number of carbonyl (C=O) groups is 1. The number of benzene rings is 1. The van der Waals surface area contributed by atoms with E-state index >= 15 is 0 Å². The fourth-order valence-corrected chi connectivity index (χ4v) is 2.12. The van der Waals surface area contributed by atoms with Gasteiger partial charge in [-0.25, -0.2) is 0 Å². The van der Waals surface area contributed by atoms with Gasteiger partial charge in [0.1, 0.15) is 6.04 Å². The number of nitrogens with one attached hydrogen (secondary N) is 1. The van der Waals surface area contributed by atoms with Crippen molar-refractivity contribution in [3.05, 3.63) is 35.4 Å². The van der Waals surface area contributed by atoms with Crippen LogP contribution in [0.25, 0.3) is 0 Å². The SMILES string of the molecule is CNC(CCc1cccc(C2CC2)c1)C(=O)O. The molecule has 17 heavy (non-hydrogen) atoms. The van der Waals surface area contributed by atoms with Crippen molar-refractivity contribution in [3.63, 3.8) is 0 Å². The Labute approximate surface area is 102 Å². The van der Waals surface area contributed by atoms with Gasteiger partial charge in [0.2, 0.25) is 0 Å².